The highest BCUT2D eigenvalue weighted by molar-refractivity contribution is 7.92. The number of ether oxygens (including phenoxy) is 2. The van der Waals surface area contributed by atoms with Gasteiger partial charge >= 0.3 is 5.97 Å². The number of halogens is 1. The molecule has 0 saturated heterocycles. The van der Waals surface area contributed by atoms with Crippen LogP contribution in [-0.2, 0) is 14.8 Å². The highest BCUT2D eigenvalue weighted by atomic mass is 32.2. The number of aromatic amines is 1. The smallest absolute Gasteiger partial charge is 0.354 e. The van der Waals surface area contributed by atoms with Gasteiger partial charge in [-0.05, 0) is 61.0 Å². The van der Waals surface area contributed by atoms with Gasteiger partial charge in [0.1, 0.15) is 17.2 Å². The summed E-state index contributed by atoms with van der Waals surface area (Å²) in [4.78, 5) is 19.1. The first-order chi connectivity index (χ1) is 15.8. The van der Waals surface area contributed by atoms with Crippen LogP contribution in [0.15, 0.2) is 65.7 Å². The molecule has 33 heavy (non-hydrogen) atoms. The number of hydrogen-bond acceptors (Lipinski definition) is 6. The third-order valence-electron chi connectivity index (χ3n) is 4.86. The summed E-state index contributed by atoms with van der Waals surface area (Å²) in [6, 6.07) is 13.2. The number of nitrogens with one attached hydrogen (secondary N) is 2. The quantitative estimate of drug-likeness (QED) is 0.389. The standard InChI is InChI=1S/C23H20FN3O5S/c1-3-32-23(28)21-11-15-10-14(4-9-19(15)26-21)16-12-20(22(31-2)25-13-16)27-33(29,30)18-7-5-17(24)6-8-18/h4-13,26-27H,3H2,1-2H3. The molecule has 0 aliphatic carbocycles. The number of anilines is 1. The number of esters is 1. The summed E-state index contributed by atoms with van der Waals surface area (Å²) in [5.41, 5.74) is 2.58. The van der Waals surface area contributed by atoms with E-state index < -0.39 is 21.8 Å². The van der Waals surface area contributed by atoms with Crippen molar-refractivity contribution < 1.29 is 27.1 Å². The Labute approximate surface area is 189 Å². The number of methoxy groups -OCH3 is 1. The Morgan fingerprint density at radius 2 is 1.85 bits per heavy atom. The fourth-order valence-electron chi connectivity index (χ4n) is 3.29. The van der Waals surface area contributed by atoms with E-state index in [4.69, 9.17) is 9.47 Å². The van der Waals surface area contributed by atoms with Crippen molar-refractivity contribution in [3.63, 3.8) is 0 Å². The van der Waals surface area contributed by atoms with Gasteiger partial charge in [-0.1, -0.05) is 6.07 Å². The number of nitrogens with zero attached hydrogens (tertiary/aromatic N) is 1. The van der Waals surface area contributed by atoms with Gasteiger partial charge in [-0.3, -0.25) is 4.72 Å². The Hall–Kier alpha value is -3.92. The molecule has 0 aliphatic heterocycles. The molecule has 0 radical (unpaired) electrons. The number of hydrogen-bond donors (Lipinski definition) is 2. The largest absolute Gasteiger partial charge is 0.480 e. The van der Waals surface area contributed by atoms with E-state index in [0.29, 0.717) is 11.3 Å². The van der Waals surface area contributed by atoms with Crippen LogP contribution in [0, 0.1) is 5.82 Å². The van der Waals surface area contributed by atoms with Gasteiger partial charge in [-0.25, -0.2) is 22.6 Å². The molecular formula is C23H20FN3O5S. The first kappa shape index (κ1) is 22.3. The van der Waals surface area contributed by atoms with Crippen molar-refractivity contribution in [2.45, 2.75) is 11.8 Å². The molecule has 2 N–H and O–H groups in total. The average Bonchev–Trinajstić information content (AvgIpc) is 3.23. The fraction of sp³-hybridized carbons (Fsp3) is 0.130. The molecule has 2 aromatic carbocycles. The van der Waals surface area contributed by atoms with Crippen molar-refractivity contribution >= 4 is 32.6 Å². The lowest BCUT2D eigenvalue weighted by Crippen LogP contribution is -2.14. The van der Waals surface area contributed by atoms with Crippen molar-refractivity contribution in [2.75, 3.05) is 18.4 Å². The van der Waals surface area contributed by atoms with E-state index in [1.54, 1.807) is 31.3 Å². The van der Waals surface area contributed by atoms with Crippen LogP contribution < -0.4 is 9.46 Å². The second-order valence-electron chi connectivity index (χ2n) is 7.05. The molecule has 4 rings (SSSR count). The zero-order valence-electron chi connectivity index (χ0n) is 17.8. The number of H-pyrrole nitrogens is 1. The van der Waals surface area contributed by atoms with Crippen LogP contribution in [0.3, 0.4) is 0 Å². The van der Waals surface area contributed by atoms with E-state index in [1.165, 1.54) is 19.2 Å². The maximum Gasteiger partial charge on any atom is 0.354 e. The van der Waals surface area contributed by atoms with Crippen LogP contribution in [-0.4, -0.2) is 38.1 Å². The molecule has 0 bridgehead atoms. The third-order valence-corrected chi connectivity index (χ3v) is 6.24. The van der Waals surface area contributed by atoms with Crippen LogP contribution in [0.5, 0.6) is 5.88 Å². The molecule has 0 atom stereocenters. The van der Waals surface area contributed by atoms with E-state index in [0.717, 1.165) is 28.6 Å². The van der Waals surface area contributed by atoms with Gasteiger partial charge in [0.2, 0.25) is 5.88 Å². The fourth-order valence-corrected chi connectivity index (χ4v) is 4.34. The Bertz CT molecular complexity index is 1430. The Balaban J connectivity index is 1.69. The SMILES string of the molecule is CCOC(=O)c1cc2cc(-c3cnc(OC)c(NS(=O)(=O)c4ccc(F)cc4)c3)ccc2[nH]1. The summed E-state index contributed by atoms with van der Waals surface area (Å²) < 4.78 is 51.4. The van der Waals surface area contributed by atoms with E-state index in [1.807, 2.05) is 12.1 Å². The first-order valence-electron chi connectivity index (χ1n) is 9.93. The Morgan fingerprint density at radius 3 is 2.55 bits per heavy atom. The van der Waals surface area contributed by atoms with E-state index in [-0.39, 0.29) is 23.1 Å². The topological polar surface area (TPSA) is 110 Å². The van der Waals surface area contributed by atoms with Crippen molar-refractivity contribution in [3.05, 3.63) is 72.3 Å². The van der Waals surface area contributed by atoms with Crippen LogP contribution >= 0.6 is 0 Å². The summed E-state index contributed by atoms with van der Waals surface area (Å²) in [5, 5.41) is 0.778. The monoisotopic (exact) mass is 469 g/mol. The zero-order chi connectivity index (χ0) is 23.6. The molecule has 10 heteroatoms. The lowest BCUT2D eigenvalue weighted by molar-refractivity contribution is 0.0520. The Morgan fingerprint density at radius 1 is 1.09 bits per heavy atom. The molecule has 0 saturated carbocycles. The highest BCUT2D eigenvalue weighted by Gasteiger charge is 2.18. The molecule has 0 unspecified atom stereocenters. The predicted molar refractivity (Wildman–Crippen MR) is 121 cm³/mol. The van der Waals surface area contributed by atoms with Crippen molar-refractivity contribution in [1.29, 1.82) is 0 Å². The number of fused-ring (bicyclic) bond motifs is 1. The van der Waals surface area contributed by atoms with Crippen LogP contribution in [0.25, 0.3) is 22.0 Å². The zero-order valence-corrected chi connectivity index (χ0v) is 18.6. The van der Waals surface area contributed by atoms with Crippen molar-refractivity contribution in [2.24, 2.45) is 0 Å². The summed E-state index contributed by atoms with van der Waals surface area (Å²) >= 11 is 0. The molecule has 0 amide bonds. The molecule has 170 valence electrons. The molecular weight excluding hydrogens is 449 g/mol. The second-order valence-corrected chi connectivity index (χ2v) is 8.73. The number of carbonyl (C=O) groups is 1. The van der Waals surface area contributed by atoms with Crippen LogP contribution in [0.1, 0.15) is 17.4 Å². The normalized spacial score (nSPS) is 11.4. The first-order valence-corrected chi connectivity index (χ1v) is 11.4. The Kier molecular flexibility index (Phi) is 6.01. The van der Waals surface area contributed by atoms with Crippen LogP contribution in [0.2, 0.25) is 0 Å². The number of benzene rings is 2. The molecule has 4 aromatic rings. The minimum atomic E-state index is -4.00. The molecule has 8 nitrogen and oxygen atoms in total. The number of aromatic nitrogens is 2. The minimum Gasteiger partial charge on any atom is -0.480 e. The predicted octanol–water partition coefficient (Wildman–Crippen LogP) is 4.36. The minimum absolute atomic E-state index is 0.0803. The van der Waals surface area contributed by atoms with Gasteiger partial charge in [0.05, 0.1) is 18.6 Å². The molecule has 2 aromatic heterocycles. The molecule has 0 spiro atoms. The average molecular weight is 469 g/mol. The van der Waals surface area contributed by atoms with Crippen LogP contribution in [0.4, 0.5) is 10.1 Å². The van der Waals surface area contributed by atoms with Crippen molar-refractivity contribution in [3.8, 4) is 17.0 Å². The highest BCUT2D eigenvalue weighted by Crippen LogP contribution is 2.31. The summed E-state index contributed by atoms with van der Waals surface area (Å²) in [5.74, 6) is -0.905. The lowest BCUT2D eigenvalue weighted by Gasteiger charge is -2.13. The number of rotatable bonds is 7. The van der Waals surface area contributed by atoms with E-state index in [9.17, 15) is 17.6 Å². The van der Waals surface area contributed by atoms with Gasteiger partial charge in [0.25, 0.3) is 10.0 Å². The summed E-state index contributed by atoms with van der Waals surface area (Å²) in [7, 11) is -2.63. The maximum atomic E-state index is 13.2. The number of pyridine rings is 1. The third kappa shape index (κ3) is 4.65. The summed E-state index contributed by atoms with van der Waals surface area (Å²) in [6.45, 7) is 2.00. The van der Waals surface area contributed by atoms with E-state index in [2.05, 4.69) is 14.7 Å². The van der Waals surface area contributed by atoms with Gasteiger partial charge < -0.3 is 14.5 Å². The molecule has 0 aliphatic rings. The van der Waals surface area contributed by atoms with E-state index >= 15 is 0 Å². The summed E-state index contributed by atoms with van der Waals surface area (Å²) in [6.07, 6.45) is 1.55. The van der Waals surface area contributed by atoms with Crippen molar-refractivity contribution in [1.82, 2.24) is 9.97 Å². The second kappa shape index (κ2) is 8.91. The maximum absolute atomic E-state index is 13.2. The van der Waals surface area contributed by atoms with Gasteiger partial charge in [0, 0.05) is 22.7 Å². The van der Waals surface area contributed by atoms with Gasteiger partial charge in [-0.15, -0.1) is 0 Å². The molecule has 0 fully saturated rings. The molecule has 2 heterocycles. The van der Waals surface area contributed by atoms with Gasteiger partial charge in [0.15, 0.2) is 0 Å². The number of carbonyl (C=O) groups excluding carboxylic acids is 1. The number of sulfonamides is 1. The lowest BCUT2D eigenvalue weighted by atomic mass is 10.1. The van der Waals surface area contributed by atoms with Gasteiger partial charge in [-0.2, -0.15) is 0 Å².